The number of carbonyl (C=O) groups is 2. The second-order valence-electron chi connectivity index (χ2n) is 2.62. The van der Waals surface area contributed by atoms with E-state index in [4.69, 9.17) is 5.73 Å². The van der Waals surface area contributed by atoms with Crippen LogP contribution in [0.4, 0.5) is 0 Å². The molecule has 0 saturated carbocycles. The lowest BCUT2D eigenvalue weighted by Gasteiger charge is -2.03. The maximum Gasteiger partial charge on any atom is 0.246 e. The van der Waals surface area contributed by atoms with Crippen LogP contribution in [0.2, 0.25) is 0 Å². The van der Waals surface area contributed by atoms with Crippen LogP contribution in [0.1, 0.15) is 0 Å². The summed E-state index contributed by atoms with van der Waals surface area (Å²) in [5.74, 6) is -0.253. The second kappa shape index (κ2) is 2.85. The zero-order chi connectivity index (χ0) is 9.42. The summed E-state index contributed by atoms with van der Waals surface area (Å²) in [6.07, 6.45) is 2.78. The molecular formula is C8H6N2O2S. The number of carbonyl (C=O) groups excluding carboxylic acids is 2. The smallest absolute Gasteiger partial charge is 0.246 e. The van der Waals surface area contributed by atoms with Crippen LogP contribution in [0.15, 0.2) is 28.4 Å². The van der Waals surface area contributed by atoms with Crippen molar-refractivity contribution in [1.82, 2.24) is 0 Å². The Kier molecular flexibility index (Phi) is 1.81. The molecule has 0 fully saturated rings. The fourth-order valence-electron chi connectivity index (χ4n) is 1.22. The molecule has 4 nitrogen and oxygen atoms in total. The first-order valence-electron chi connectivity index (χ1n) is 3.65. The molecule has 2 N–H and O–H groups in total. The maximum absolute atomic E-state index is 11.3. The summed E-state index contributed by atoms with van der Waals surface area (Å²) in [5, 5.41) is 0.612. The molecule has 0 aromatic carbocycles. The quantitative estimate of drug-likeness (QED) is 0.639. The number of hydrogen-bond donors (Lipinski definition) is 1. The van der Waals surface area contributed by atoms with Gasteiger partial charge in [-0.3, -0.25) is 9.59 Å². The van der Waals surface area contributed by atoms with Crippen LogP contribution in [0.25, 0.3) is 0 Å². The number of nitrogens with zero attached hydrogens (tertiary/aromatic N) is 1. The number of rotatable bonds is 1. The van der Waals surface area contributed by atoms with Gasteiger partial charge in [-0.05, 0) is 0 Å². The molecule has 0 aromatic rings. The van der Waals surface area contributed by atoms with Gasteiger partial charge in [0.25, 0.3) is 0 Å². The standard InChI is InChI=1S/C8H6N2O2S/c9-7(12)4-3-13-8-6(4)5(11)1-2-10-8/h1-2H,3H2,(H2,9,12). The summed E-state index contributed by atoms with van der Waals surface area (Å²) in [6.45, 7) is 0. The number of ketones is 1. The van der Waals surface area contributed by atoms with E-state index >= 15 is 0 Å². The minimum atomic E-state index is -0.531. The summed E-state index contributed by atoms with van der Waals surface area (Å²) in [6, 6.07) is 0. The van der Waals surface area contributed by atoms with Crippen molar-refractivity contribution in [3.8, 4) is 0 Å². The Bertz CT molecular complexity index is 393. The molecule has 0 radical (unpaired) electrons. The van der Waals surface area contributed by atoms with Gasteiger partial charge in [0.05, 0.1) is 5.57 Å². The second-order valence-corrected chi connectivity index (χ2v) is 3.58. The molecule has 13 heavy (non-hydrogen) atoms. The third-order valence-electron chi connectivity index (χ3n) is 1.83. The lowest BCUT2D eigenvalue weighted by molar-refractivity contribution is -0.115. The van der Waals surface area contributed by atoms with Crippen molar-refractivity contribution in [1.29, 1.82) is 0 Å². The molecule has 5 heteroatoms. The summed E-state index contributed by atoms with van der Waals surface area (Å²) in [7, 11) is 0. The predicted molar refractivity (Wildman–Crippen MR) is 50.3 cm³/mol. The van der Waals surface area contributed by atoms with Gasteiger partial charge in [0, 0.05) is 23.6 Å². The van der Waals surface area contributed by atoms with Crippen molar-refractivity contribution >= 4 is 28.5 Å². The molecule has 2 heterocycles. The van der Waals surface area contributed by atoms with Crippen LogP contribution in [0.3, 0.4) is 0 Å². The van der Waals surface area contributed by atoms with Gasteiger partial charge in [-0.1, -0.05) is 0 Å². The third-order valence-corrected chi connectivity index (χ3v) is 2.85. The van der Waals surface area contributed by atoms with Crippen molar-refractivity contribution in [2.75, 3.05) is 5.75 Å². The Morgan fingerprint density at radius 2 is 2.38 bits per heavy atom. The first-order chi connectivity index (χ1) is 6.20. The molecule has 66 valence electrons. The van der Waals surface area contributed by atoms with Gasteiger partial charge in [-0.15, -0.1) is 11.8 Å². The van der Waals surface area contributed by atoms with Crippen molar-refractivity contribution in [2.45, 2.75) is 0 Å². The molecule has 0 spiro atoms. The Balaban J connectivity index is 2.54. The molecule has 0 aliphatic carbocycles. The summed E-state index contributed by atoms with van der Waals surface area (Å²) in [4.78, 5) is 26.3. The lowest BCUT2D eigenvalue weighted by atomic mass is 10.0. The van der Waals surface area contributed by atoms with Gasteiger partial charge >= 0.3 is 0 Å². The Hall–Kier alpha value is -1.36. The normalized spacial score (nSPS) is 20.3. The van der Waals surface area contributed by atoms with E-state index in [1.54, 1.807) is 0 Å². The van der Waals surface area contributed by atoms with Crippen LogP contribution in [0.5, 0.6) is 0 Å². The largest absolute Gasteiger partial charge is 0.366 e. The molecule has 0 saturated heterocycles. The van der Waals surface area contributed by atoms with Gasteiger partial charge in [-0.2, -0.15) is 0 Å². The number of fused-ring (bicyclic) bond motifs is 1. The van der Waals surface area contributed by atoms with E-state index in [9.17, 15) is 9.59 Å². The minimum Gasteiger partial charge on any atom is -0.366 e. The monoisotopic (exact) mass is 194 g/mol. The molecule has 0 bridgehead atoms. The fraction of sp³-hybridized carbons (Fsp3) is 0.125. The number of aliphatic imine (C=N–C) groups is 1. The number of allylic oxidation sites excluding steroid dienone is 1. The fourth-order valence-corrected chi connectivity index (χ4v) is 2.29. The number of primary amides is 1. The van der Waals surface area contributed by atoms with Crippen molar-refractivity contribution < 1.29 is 9.59 Å². The number of thioether (sulfide) groups is 1. The highest BCUT2D eigenvalue weighted by Crippen LogP contribution is 2.30. The number of hydrogen-bond acceptors (Lipinski definition) is 4. The van der Waals surface area contributed by atoms with Crippen LogP contribution in [-0.4, -0.2) is 22.5 Å². The van der Waals surface area contributed by atoms with E-state index in [-0.39, 0.29) is 5.78 Å². The predicted octanol–water partition coefficient (Wildman–Crippen LogP) is 0.0100. The molecule has 0 aromatic heterocycles. The average molecular weight is 194 g/mol. The van der Waals surface area contributed by atoms with Crippen molar-refractivity contribution in [3.63, 3.8) is 0 Å². The Labute approximate surface area is 78.6 Å². The van der Waals surface area contributed by atoms with Gasteiger partial charge in [0.15, 0.2) is 5.78 Å². The Morgan fingerprint density at radius 1 is 1.62 bits per heavy atom. The van der Waals surface area contributed by atoms with Gasteiger partial charge < -0.3 is 5.73 Å². The average Bonchev–Trinajstić information content (AvgIpc) is 2.49. The van der Waals surface area contributed by atoms with Crippen LogP contribution in [-0.2, 0) is 9.59 Å². The first-order valence-corrected chi connectivity index (χ1v) is 4.63. The van der Waals surface area contributed by atoms with E-state index < -0.39 is 5.91 Å². The molecule has 2 rings (SSSR count). The van der Waals surface area contributed by atoms with E-state index in [0.717, 1.165) is 0 Å². The highest BCUT2D eigenvalue weighted by atomic mass is 32.2. The zero-order valence-corrected chi connectivity index (χ0v) is 7.43. The van der Waals surface area contributed by atoms with Crippen LogP contribution >= 0.6 is 11.8 Å². The lowest BCUT2D eigenvalue weighted by Crippen LogP contribution is -2.19. The van der Waals surface area contributed by atoms with Crippen molar-refractivity contribution in [2.24, 2.45) is 10.7 Å². The van der Waals surface area contributed by atoms with E-state index in [1.807, 2.05) is 0 Å². The topological polar surface area (TPSA) is 72.5 Å². The van der Waals surface area contributed by atoms with Gasteiger partial charge in [0.2, 0.25) is 5.91 Å². The van der Waals surface area contributed by atoms with Gasteiger partial charge in [-0.25, -0.2) is 4.99 Å². The van der Waals surface area contributed by atoms with Crippen molar-refractivity contribution in [3.05, 3.63) is 23.4 Å². The summed E-state index contributed by atoms with van der Waals surface area (Å²) in [5.41, 5.74) is 5.90. The van der Waals surface area contributed by atoms with Gasteiger partial charge in [0.1, 0.15) is 5.04 Å². The number of nitrogens with two attached hydrogens (primary N) is 1. The van der Waals surface area contributed by atoms with E-state index in [2.05, 4.69) is 4.99 Å². The van der Waals surface area contributed by atoms with Crippen LogP contribution in [0, 0.1) is 0 Å². The Morgan fingerprint density at radius 3 is 3.08 bits per heavy atom. The molecule has 2 aliphatic heterocycles. The highest BCUT2D eigenvalue weighted by Gasteiger charge is 2.30. The molecule has 0 atom stereocenters. The maximum atomic E-state index is 11.3. The van der Waals surface area contributed by atoms with E-state index in [0.29, 0.717) is 21.9 Å². The van der Waals surface area contributed by atoms with E-state index in [1.165, 1.54) is 24.0 Å². The molecular weight excluding hydrogens is 188 g/mol. The minimum absolute atomic E-state index is 0.177. The third kappa shape index (κ3) is 1.21. The molecule has 1 amide bonds. The molecule has 2 aliphatic rings. The zero-order valence-electron chi connectivity index (χ0n) is 6.61. The summed E-state index contributed by atoms with van der Waals surface area (Å²) >= 11 is 1.37. The van der Waals surface area contributed by atoms with Crippen LogP contribution < -0.4 is 5.73 Å². The first kappa shape index (κ1) is 8.25. The number of amides is 1. The SMILES string of the molecule is NC(=O)C1=C2C(=O)C=CN=C2SC1. The highest BCUT2D eigenvalue weighted by molar-refractivity contribution is 8.15. The summed E-state index contributed by atoms with van der Waals surface area (Å²) < 4.78 is 0. The molecule has 0 unspecified atom stereocenters.